The number of nitrogens with one attached hydrogen (secondary N) is 1. The predicted octanol–water partition coefficient (Wildman–Crippen LogP) is 4.35. The maximum Gasteiger partial charge on any atom is 0.223 e. The van der Waals surface area contributed by atoms with E-state index in [2.05, 4.69) is 27.3 Å². The number of hydrogen-bond donors (Lipinski definition) is 1. The predicted molar refractivity (Wildman–Crippen MR) is 128 cm³/mol. The molecule has 1 aliphatic rings. The van der Waals surface area contributed by atoms with Gasteiger partial charge in [0, 0.05) is 45.0 Å². The quantitative estimate of drug-likeness (QED) is 0.260. The highest BCUT2D eigenvalue weighted by Gasteiger charge is 2.22. The number of guanidine groups is 1. The Bertz CT molecular complexity index is 801. The number of rotatable bonds is 6. The van der Waals surface area contributed by atoms with E-state index in [-0.39, 0.29) is 29.9 Å². The van der Waals surface area contributed by atoms with Crippen LogP contribution in [0.2, 0.25) is 4.34 Å². The zero-order chi connectivity index (χ0) is 19.2. The molecule has 0 unspecified atom stereocenters. The second-order valence-corrected chi connectivity index (χ2v) is 8.46. The maximum atomic E-state index is 12.5. The molecule has 152 valence electrons. The zero-order valence-corrected chi connectivity index (χ0v) is 20.1. The second kappa shape index (κ2) is 11.0. The highest BCUT2D eigenvalue weighted by Crippen LogP contribution is 2.23. The van der Waals surface area contributed by atoms with Crippen LogP contribution >= 0.6 is 46.9 Å². The standard InChI is InChI=1S/C20H25ClN4OS.HI/c1-22-20(24(2)14-17-9-10-18(21)27-17)23-11-5-8-19(26)25-12-15-6-3-4-7-16(15)13-25;/h3-4,6-7,9-10H,5,8,11-14H2,1-2H3,(H,22,23);1H. The second-order valence-electron chi connectivity index (χ2n) is 6.66. The van der Waals surface area contributed by atoms with Crippen molar-refractivity contribution in [2.24, 2.45) is 4.99 Å². The van der Waals surface area contributed by atoms with Gasteiger partial charge in [-0.05, 0) is 29.7 Å². The molecular formula is C20H26ClIN4OS. The molecule has 1 aliphatic heterocycles. The van der Waals surface area contributed by atoms with E-state index in [9.17, 15) is 4.79 Å². The van der Waals surface area contributed by atoms with Crippen molar-refractivity contribution in [3.05, 3.63) is 56.7 Å². The van der Waals surface area contributed by atoms with Crippen molar-refractivity contribution < 1.29 is 4.79 Å². The molecule has 0 aliphatic carbocycles. The minimum Gasteiger partial charge on any atom is -0.356 e. The molecule has 0 saturated heterocycles. The molecule has 1 N–H and O–H groups in total. The molecular weight excluding hydrogens is 507 g/mol. The van der Waals surface area contributed by atoms with Crippen LogP contribution in [0.25, 0.3) is 0 Å². The molecule has 1 aromatic carbocycles. The zero-order valence-electron chi connectivity index (χ0n) is 16.2. The fourth-order valence-electron chi connectivity index (χ4n) is 3.24. The SMILES string of the molecule is CN=C(NCCCC(=O)N1Cc2ccccc2C1)N(C)Cc1ccc(Cl)s1.I. The molecule has 0 fully saturated rings. The van der Waals surface area contributed by atoms with E-state index in [4.69, 9.17) is 11.6 Å². The van der Waals surface area contributed by atoms with Crippen molar-refractivity contribution in [2.75, 3.05) is 20.6 Å². The van der Waals surface area contributed by atoms with E-state index < -0.39 is 0 Å². The van der Waals surface area contributed by atoms with Gasteiger partial charge in [-0.25, -0.2) is 0 Å². The molecule has 0 spiro atoms. The summed E-state index contributed by atoms with van der Waals surface area (Å²) in [5.41, 5.74) is 2.53. The number of amides is 1. The van der Waals surface area contributed by atoms with Gasteiger partial charge in [0.05, 0.1) is 10.9 Å². The van der Waals surface area contributed by atoms with Crippen molar-refractivity contribution in [2.45, 2.75) is 32.5 Å². The van der Waals surface area contributed by atoms with E-state index >= 15 is 0 Å². The summed E-state index contributed by atoms with van der Waals surface area (Å²) in [7, 11) is 3.77. The highest BCUT2D eigenvalue weighted by molar-refractivity contribution is 14.0. The first-order valence-electron chi connectivity index (χ1n) is 9.07. The molecule has 0 radical (unpaired) electrons. The Kier molecular flexibility index (Phi) is 9.04. The van der Waals surface area contributed by atoms with Gasteiger partial charge in [-0.15, -0.1) is 35.3 Å². The van der Waals surface area contributed by atoms with Gasteiger partial charge in [0.2, 0.25) is 5.91 Å². The Morgan fingerprint density at radius 1 is 1.25 bits per heavy atom. The fourth-order valence-corrected chi connectivity index (χ4v) is 4.38. The van der Waals surface area contributed by atoms with Crippen molar-refractivity contribution in [1.29, 1.82) is 0 Å². The van der Waals surface area contributed by atoms with Crippen LogP contribution in [-0.2, 0) is 24.4 Å². The molecule has 28 heavy (non-hydrogen) atoms. The molecule has 3 rings (SSSR count). The summed E-state index contributed by atoms with van der Waals surface area (Å²) in [5.74, 6) is 1.03. The van der Waals surface area contributed by atoms with Crippen molar-refractivity contribution in [3.8, 4) is 0 Å². The smallest absolute Gasteiger partial charge is 0.223 e. The highest BCUT2D eigenvalue weighted by atomic mass is 127. The van der Waals surface area contributed by atoms with Gasteiger partial charge in [0.25, 0.3) is 0 Å². The Balaban J connectivity index is 0.00000280. The lowest BCUT2D eigenvalue weighted by molar-refractivity contribution is -0.131. The molecule has 0 saturated carbocycles. The lowest BCUT2D eigenvalue weighted by Gasteiger charge is -2.21. The van der Waals surface area contributed by atoms with Gasteiger partial charge >= 0.3 is 0 Å². The number of carbonyl (C=O) groups is 1. The Morgan fingerprint density at radius 2 is 1.93 bits per heavy atom. The van der Waals surface area contributed by atoms with Gasteiger partial charge in [-0.3, -0.25) is 9.79 Å². The van der Waals surface area contributed by atoms with Crippen molar-refractivity contribution >= 4 is 58.8 Å². The van der Waals surface area contributed by atoms with Crippen LogP contribution in [0.15, 0.2) is 41.4 Å². The Labute approximate surface area is 192 Å². The summed E-state index contributed by atoms with van der Waals surface area (Å²) in [6, 6.07) is 12.2. The van der Waals surface area contributed by atoms with Crippen LogP contribution in [0.1, 0.15) is 28.8 Å². The van der Waals surface area contributed by atoms with Gasteiger partial charge in [0.1, 0.15) is 0 Å². The number of hydrogen-bond acceptors (Lipinski definition) is 3. The average molecular weight is 533 g/mol. The Morgan fingerprint density at radius 3 is 2.50 bits per heavy atom. The number of halogens is 2. The summed E-state index contributed by atoms with van der Waals surface area (Å²) in [6.07, 6.45) is 1.32. The number of nitrogens with zero attached hydrogens (tertiary/aromatic N) is 3. The number of aliphatic imine (C=N–C) groups is 1. The monoisotopic (exact) mass is 532 g/mol. The van der Waals surface area contributed by atoms with Gasteiger partial charge < -0.3 is 15.1 Å². The van der Waals surface area contributed by atoms with Crippen LogP contribution in [0, 0.1) is 0 Å². The van der Waals surface area contributed by atoms with Crippen LogP contribution in [0.3, 0.4) is 0 Å². The largest absolute Gasteiger partial charge is 0.356 e. The van der Waals surface area contributed by atoms with E-state index in [0.717, 1.165) is 42.9 Å². The van der Waals surface area contributed by atoms with Gasteiger partial charge in [-0.2, -0.15) is 0 Å². The Hall–Kier alpha value is -1.32. The van der Waals surface area contributed by atoms with Gasteiger partial charge in [0.15, 0.2) is 5.96 Å². The van der Waals surface area contributed by atoms with E-state index in [0.29, 0.717) is 6.42 Å². The third-order valence-corrected chi connectivity index (χ3v) is 5.86. The first-order chi connectivity index (χ1) is 13.1. The van der Waals surface area contributed by atoms with E-state index in [1.165, 1.54) is 16.0 Å². The van der Waals surface area contributed by atoms with Crippen LogP contribution in [-0.4, -0.2) is 42.3 Å². The van der Waals surface area contributed by atoms with E-state index in [1.807, 2.05) is 36.2 Å². The summed E-state index contributed by atoms with van der Waals surface area (Å²) < 4.78 is 0.795. The lowest BCUT2D eigenvalue weighted by Crippen LogP contribution is -2.39. The summed E-state index contributed by atoms with van der Waals surface area (Å²) in [5, 5.41) is 3.34. The van der Waals surface area contributed by atoms with E-state index in [1.54, 1.807) is 18.4 Å². The van der Waals surface area contributed by atoms with Crippen molar-refractivity contribution in [3.63, 3.8) is 0 Å². The molecule has 2 heterocycles. The fraction of sp³-hybridized carbons (Fsp3) is 0.400. The molecule has 1 amide bonds. The summed E-state index contributed by atoms with van der Waals surface area (Å²) >= 11 is 7.57. The molecule has 1 aromatic heterocycles. The normalized spacial score (nSPS) is 13.1. The number of fused-ring (bicyclic) bond motifs is 1. The third kappa shape index (κ3) is 6.09. The molecule has 0 bridgehead atoms. The topological polar surface area (TPSA) is 47.9 Å². The maximum absolute atomic E-state index is 12.5. The third-order valence-electron chi connectivity index (χ3n) is 4.64. The average Bonchev–Trinajstić information content (AvgIpc) is 3.27. The molecule has 0 atom stereocenters. The van der Waals surface area contributed by atoms with Crippen molar-refractivity contribution in [1.82, 2.24) is 15.1 Å². The number of thiophene rings is 1. The minimum absolute atomic E-state index is 0. The number of carbonyl (C=O) groups excluding carboxylic acids is 1. The molecule has 2 aromatic rings. The summed E-state index contributed by atoms with van der Waals surface area (Å²) in [6.45, 7) is 2.93. The first-order valence-corrected chi connectivity index (χ1v) is 10.3. The van der Waals surface area contributed by atoms with Crippen LogP contribution < -0.4 is 5.32 Å². The molecule has 8 heteroatoms. The summed E-state index contributed by atoms with van der Waals surface area (Å²) in [4.78, 5) is 22.0. The van der Waals surface area contributed by atoms with Crippen LogP contribution in [0.4, 0.5) is 0 Å². The van der Waals surface area contributed by atoms with Crippen LogP contribution in [0.5, 0.6) is 0 Å². The lowest BCUT2D eigenvalue weighted by atomic mass is 10.1. The van der Waals surface area contributed by atoms with Gasteiger partial charge in [-0.1, -0.05) is 35.9 Å². The first kappa shape index (κ1) is 23.0. The molecule has 5 nitrogen and oxygen atoms in total. The minimum atomic E-state index is 0. The number of benzene rings is 1.